The Morgan fingerprint density at radius 1 is 0.750 bits per heavy atom. The van der Waals surface area contributed by atoms with E-state index in [-0.39, 0.29) is 12.2 Å². The number of ether oxygens (including phenoxy) is 3. The predicted molar refractivity (Wildman–Crippen MR) is 118 cm³/mol. The van der Waals surface area contributed by atoms with Crippen molar-refractivity contribution in [2.45, 2.75) is 65.6 Å². The van der Waals surface area contributed by atoms with Gasteiger partial charge in [0.05, 0.1) is 25.4 Å². The van der Waals surface area contributed by atoms with Gasteiger partial charge in [0.15, 0.2) is 0 Å². The Bertz CT molecular complexity index is 340. The Morgan fingerprint density at radius 3 is 1.36 bits per heavy atom. The molecular weight excluding hydrogens is 376 g/mol. The zero-order chi connectivity index (χ0) is 21.8. The third-order valence-corrected chi connectivity index (χ3v) is 4.76. The minimum absolute atomic E-state index is 0.279. The lowest BCUT2D eigenvalue weighted by Gasteiger charge is -2.14. The van der Waals surface area contributed by atoms with Gasteiger partial charge in [0.25, 0.3) is 0 Å². The second-order valence-corrected chi connectivity index (χ2v) is 9.04. The minimum atomic E-state index is -1.67. The zero-order valence-corrected chi connectivity index (χ0v) is 20.4. The molecule has 0 aromatic heterocycles. The molecule has 0 amide bonds. The first-order chi connectivity index (χ1) is 13.3. The van der Waals surface area contributed by atoms with Gasteiger partial charge in [-0.1, -0.05) is 24.3 Å². The molecule has 0 fully saturated rings. The van der Waals surface area contributed by atoms with E-state index in [1.165, 1.54) is 0 Å². The van der Waals surface area contributed by atoms with Crippen LogP contribution in [0.15, 0.2) is 24.3 Å². The van der Waals surface area contributed by atoms with Crippen LogP contribution in [0.3, 0.4) is 0 Å². The maximum absolute atomic E-state index is 5.64. The first-order valence-corrected chi connectivity index (χ1v) is 11.4. The average molecular weight is 421 g/mol. The van der Waals surface area contributed by atoms with E-state index in [1.807, 2.05) is 13.8 Å². The molecular formula is C21H44O6Si. The molecule has 0 aliphatic rings. The van der Waals surface area contributed by atoms with E-state index in [4.69, 9.17) is 27.5 Å². The van der Waals surface area contributed by atoms with Crippen LogP contribution < -0.4 is 0 Å². The topological polar surface area (TPSA) is 55.4 Å². The molecule has 0 aromatic rings. The molecule has 0 rings (SSSR count). The minimum Gasteiger partial charge on any atom is -0.381 e. The fourth-order valence-electron chi connectivity index (χ4n) is 2.07. The maximum Gasteiger partial charge on any atom is 0.483 e. The van der Waals surface area contributed by atoms with Gasteiger partial charge < -0.3 is 27.5 Å². The van der Waals surface area contributed by atoms with Crippen molar-refractivity contribution in [2.75, 3.05) is 47.8 Å². The Labute approximate surface area is 175 Å². The highest BCUT2D eigenvalue weighted by Gasteiger charge is 2.05. The summed E-state index contributed by atoms with van der Waals surface area (Å²) in [6, 6.07) is 0. The molecule has 0 saturated carbocycles. The molecule has 0 N–H and O–H groups in total. The standard InChI is InChI=1S/C18H34O3.C3H10O3Si/c1-15(2)13-20-17(5)9-7-11-19-12-8-10-18(6)21-14-16(3)4;1-4-7(5-2)6-3/h17-18H,1,3,7-14H2,2,4-6H3;7H,1-3H3. The molecule has 0 heterocycles. The van der Waals surface area contributed by atoms with Gasteiger partial charge in [-0.05, 0) is 53.4 Å². The molecule has 2 unspecified atom stereocenters. The first kappa shape index (κ1) is 29.7. The van der Waals surface area contributed by atoms with Crippen LogP contribution >= 0.6 is 0 Å². The van der Waals surface area contributed by atoms with Crippen LogP contribution in [0.5, 0.6) is 0 Å². The highest BCUT2D eigenvalue weighted by molar-refractivity contribution is 6.36. The normalized spacial score (nSPS) is 13.0. The Kier molecular flexibility index (Phi) is 22.4. The highest BCUT2D eigenvalue weighted by atomic mass is 28.3. The van der Waals surface area contributed by atoms with Gasteiger partial charge in [0.1, 0.15) is 0 Å². The molecule has 0 saturated heterocycles. The predicted octanol–water partition coefficient (Wildman–Crippen LogP) is 4.17. The first-order valence-electron chi connectivity index (χ1n) is 9.94. The van der Waals surface area contributed by atoms with Crippen molar-refractivity contribution in [3.63, 3.8) is 0 Å². The summed E-state index contributed by atoms with van der Waals surface area (Å²) in [5.74, 6) is 0. The fraction of sp³-hybridized carbons (Fsp3) is 0.810. The third-order valence-electron chi connectivity index (χ3n) is 3.60. The van der Waals surface area contributed by atoms with Crippen molar-refractivity contribution in [1.82, 2.24) is 0 Å². The molecule has 2 atom stereocenters. The molecule has 7 heteroatoms. The number of hydrogen-bond donors (Lipinski definition) is 0. The molecule has 0 spiro atoms. The van der Waals surface area contributed by atoms with Crippen LogP contribution in [-0.2, 0) is 27.5 Å². The van der Waals surface area contributed by atoms with Crippen LogP contribution in [0.1, 0.15) is 53.4 Å². The lowest BCUT2D eigenvalue weighted by Crippen LogP contribution is -2.21. The smallest absolute Gasteiger partial charge is 0.381 e. The third kappa shape index (κ3) is 23.5. The van der Waals surface area contributed by atoms with Gasteiger partial charge >= 0.3 is 9.53 Å². The summed E-state index contributed by atoms with van der Waals surface area (Å²) < 4.78 is 31.1. The monoisotopic (exact) mass is 420 g/mol. The molecule has 0 aliphatic carbocycles. The van der Waals surface area contributed by atoms with Gasteiger partial charge in [0.2, 0.25) is 0 Å². The molecule has 0 radical (unpaired) electrons. The molecule has 28 heavy (non-hydrogen) atoms. The van der Waals surface area contributed by atoms with Gasteiger partial charge in [-0.3, -0.25) is 0 Å². The summed E-state index contributed by atoms with van der Waals surface area (Å²) >= 11 is 0. The maximum atomic E-state index is 5.64. The lowest BCUT2D eigenvalue weighted by atomic mass is 10.2. The lowest BCUT2D eigenvalue weighted by molar-refractivity contribution is 0.0519. The van der Waals surface area contributed by atoms with Gasteiger partial charge in [-0.15, -0.1) is 0 Å². The average Bonchev–Trinajstić information content (AvgIpc) is 2.65. The van der Waals surface area contributed by atoms with E-state index in [9.17, 15) is 0 Å². The quantitative estimate of drug-likeness (QED) is 0.200. The van der Waals surface area contributed by atoms with Crippen LogP contribution in [-0.4, -0.2) is 69.5 Å². The Hall–Kier alpha value is -0.543. The van der Waals surface area contributed by atoms with Crippen molar-refractivity contribution < 1.29 is 27.5 Å². The van der Waals surface area contributed by atoms with E-state index in [0.717, 1.165) is 50.0 Å². The molecule has 168 valence electrons. The zero-order valence-electron chi connectivity index (χ0n) is 19.3. The van der Waals surface area contributed by atoms with E-state index >= 15 is 0 Å². The van der Waals surface area contributed by atoms with Crippen LogP contribution in [0.4, 0.5) is 0 Å². The van der Waals surface area contributed by atoms with Crippen molar-refractivity contribution in [2.24, 2.45) is 0 Å². The van der Waals surface area contributed by atoms with Crippen molar-refractivity contribution in [3.05, 3.63) is 24.3 Å². The van der Waals surface area contributed by atoms with E-state index < -0.39 is 9.53 Å². The summed E-state index contributed by atoms with van der Waals surface area (Å²) in [6.45, 7) is 18.8. The number of hydrogen-bond acceptors (Lipinski definition) is 6. The van der Waals surface area contributed by atoms with Gasteiger partial charge in [-0.2, -0.15) is 0 Å². The van der Waals surface area contributed by atoms with Crippen LogP contribution in [0.2, 0.25) is 0 Å². The summed E-state index contributed by atoms with van der Waals surface area (Å²) in [4.78, 5) is 0. The summed E-state index contributed by atoms with van der Waals surface area (Å²) in [6.07, 6.45) is 4.70. The van der Waals surface area contributed by atoms with E-state index in [0.29, 0.717) is 13.2 Å². The van der Waals surface area contributed by atoms with Crippen molar-refractivity contribution >= 4 is 9.53 Å². The van der Waals surface area contributed by atoms with Gasteiger partial charge in [-0.25, -0.2) is 0 Å². The van der Waals surface area contributed by atoms with E-state index in [1.54, 1.807) is 21.3 Å². The van der Waals surface area contributed by atoms with E-state index in [2.05, 4.69) is 27.0 Å². The summed E-state index contributed by atoms with van der Waals surface area (Å²) in [5, 5.41) is 0. The molecule has 0 aromatic carbocycles. The molecule has 6 nitrogen and oxygen atoms in total. The van der Waals surface area contributed by atoms with Gasteiger partial charge in [0, 0.05) is 34.5 Å². The fourth-order valence-corrected chi connectivity index (χ4v) is 2.65. The van der Waals surface area contributed by atoms with Crippen LogP contribution in [0, 0.1) is 0 Å². The molecule has 0 bridgehead atoms. The highest BCUT2D eigenvalue weighted by Crippen LogP contribution is 2.06. The van der Waals surface area contributed by atoms with Crippen molar-refractivity contribution in [1.29, 1.82) is 0 Å². The Morgan fingerprint density at radius 2 is 1.11 bits per heavy atom. The van der Waals surface area contributed by atoms with Crippen LogP contribution in [0.25, 0.3) is 0 Å². The largest absolute Gasteiger partial charge is 0.483 e. The Balaban J connectivity index is 0. The second-order valence-electron chi connectivity index (χ2n) is 7.05. The SMILES string of the molecule is C=C(C)COC(C)CCCOCCCC(C)OCC(=C)C.CO[SiH](OC)OC. The summed E-state index contributed by atoms with van der Waals surface area (Å²) in [5.41, 5.74) is 2.14. The summed E-state index contributed by atoms with van der Waals surface area (Å²) in [7, 11) is 3.05. The van der Waals surface area contributed by atoms with Crippen molar-refractivity contribution in [3.8, 4) is 0 Å². The second kappa shape index (κ2) is 21.2. The molecule has 0 aliphatic heterocycles. The number of rotatable bonds is 17.